The summed E-state index contributed by atoms with van der Waals surface area (Å²) in [4.78, 5) is 40.3. The summed E-state index contributed by atoms with van der Waals surface area (Å²) in [6.45, 7) is 4.92. The van der Waals surface area contributed by atoms with Gasteiger partial charge in [0, 0.05) is 58.9 Å². The number of hydrogen-bond donors (Lipinski definition) is 4. The van der Waals surface area contributed by atoms with Crippen LogP contribution >= 0.6 is 0 Å². The predicted octanol–water partition coefficient (Wildman–Crippen LogP) is -2.46. The van der Waals surface area contributed by atoms with Crippen molar-refractivity contribution < 1.29 is 19.5 Å². The molecular formula is C15H27N7O4. The number of piperazine rings is 2. The van der Waals surface area contributed by atoms with E-state index >= 15 is 0 Å². The molecule has 0 unspecified atom stereocenters. The number of hydrogen-bond acceptors (Lipinski definition) is 6. The summed E-state index contributed by atoms with van der Waals surface area (Å²) in [5.74, 6) is -1.37. The number of nitrogens with one attached hydrogen (secondary N) is 2. The number of carbonyl (C=O) groups excluding carboxylic acids is 2. The summed E-state index contributed by atoms with van der Waals surface area (Å²) >= 11 is 0. The zero-order valence-electron chi connectivity index (χ0n) is 14.8. The van der Waals surface area contributed by atoms with Crippen LogP contribution in [0.5, 0.6) is 0 Å². The Morgan fingerprint density at radius 2 is 1.54 bits per heavy atom. The number of amides is 2. The molecule has 0 bridgehead atoms. The number of guanidine groups is 1. The van der Waals surface area contributed by atoms with E-state index in [-0.39, 0.29) is 30.6 Å². The third kappa shape index (κ3) is 6.15. The number of rotatable bonds is 6. The monoisotopic (exact) mass is 369 g/mol. The minimum Gasteiger partial charge on any atom is -0.481 e. The van der Waals surface area contributed by atoms with Crippen LogP contribution in [0.4, 0.5) is 0 Å². The molecule has 0 aromatic rings. The molecule has 0 aromatic carbocycles. The van der Waals surface area contributed by atoms with Crippen molar-refractivity contribution in [1.29, 1.82) is 5.41 Å². The topological polar surface area (TPSA) is 146 Å². The Bertz CT molecular complexity index is 540. The van der Waals surface area contributed by atoms with Crippen LogP contribution in [-0.4, -0.2) is 107 Å². The van der Waals surface area contributed by atoms with Crippen LogP contribution in [0.2, 0.25) is 0 Å². The fourth-order valence-corrected chi connectivity index (χ4v) is 3.00. The average Bonchev–Trinajstić information content (AvgIpc) is 2.60. The van der Waals surface area contributed by atoms with Crippen molar-refractivity contribution in [3.63, 3.8) is 0 Å². The minimum atomic E-state index is -0.829. The summed E-state index contributed by atoms with van der Waals surface area (Å²) in [7, 11) is 0. The van der Waals surface area contributed by atoms with E-state index in [1.807, 2.05) is 4.90 Å². The summed E-state index contributed by atoms with van der Waals surface area (Å²) < 4.78 is 0. The Balaban J connectivity index is 1.66. The van der Waals surface area contributed by atoms with E-state index in [4.69, 9.17) is 16.2 Å². The van der Waals surface area contributed by atoms with Gasteiger partial charge in [-0.05, 0) is 0 Å². The van der Waals surface area contributed by atoms with Crippen LogP contribution in [0.25, 0.3) is 0 Å². The van der Waals surface area contributed by atoms with Crippen LogP contribution in [0.3, 0.4) is 0 Å². The lowest BCUT2D eigenvalue weighted by atomic mass is 10.2. The second kappa shape index (κ2) is 9.34. The molecule has 146 valence electrons. The van der Waals surface area contributed by atoms with E-state index in [1.165, 1.54) is 0 Å². The molecule has 0 aliphatic carbocycles. The number of carboxylic acid groups (broad SMARTS) is 1. The number of nitrogens with zero attached hydrogens (tertiary/aromatic N) is 4. The molecule has 0 aromatic heterocycles. The number of carboxylic acids is 1. The van der Waals surface area contributed by atoms with E-state index in [0.29, 0.717) is 58.9 Å². The largest absolute Gasteiger partial charge is 0.481 e. The molecule has 2 fully saturated rings. The summed E-state index contributed by atoms with van der Waals surface area (Å²) in [5.41, 5.74) is 8.15. The minimum absolute atomic E-state index is 0.0219. The van der Waals surface area contributed by atoms with E-state index in [2.05, 4.69) is 5.43 Å². The smallest absolute Gasteiger partial charge is 0.304 e. The first-order valence-electron chi connectivity index (χ1n) is 8.70. The lowest BCUT2D eigenvalue weighted by Crippen LogP contribution is -2.56. The normalized spacial score (nSPS) is 19.2. The van der Waals surface area contributed by atoms with Crippen molar-refractivity contribution in [2.24, 2.45) is 5.73 Å². The summed E-state index contributed by atoms with van der Waals surface area (Å²) in [5, 5.41) is 17.8. The van der Waals surface area contributed by atoms with Crippen LogP contribution in [0.1, 0.15) is 12.8 Å². The van der Waals surface area contributed by atoms with Gasteiger partial charge in [0.05, 0.1) is 6.42 Å². The van der Waals surface area contributed by atoms with Crippen LogP contribution in [0.15, 0.2) is 0 Å². The summed E-state index contributed by atoms with van der Waals surface area (Å²) in [6.07, 6.45) is -0.116. The molecule has 2 aliphatic rings. The molecule has 2 heterocycles. The molecule has 26 heavy (non-hydrogen) atoms. The highest BCUT2D eigenvalue weighted by atomic mass is 16.4. The highest BCUT2D eigenvalue weighted by Gasteiger charge is 2.24. The third-order valence-corrected chi connectivity index (χ3v) is 4.58. The highest BCUT2D eigenvalue weighted by Crippen LogP contribution is 2.05. The molecule has 0 radical (unpaired) electrons. The maximum atomic E-state index is 12.2. The quantitative estimate of drug-likeness (QED) is 0.229. The van der Waals surface area contributed by atoms with Crippen molar-refractivity contribution in [3.8, 4) is 0 Å². The van der Waals surface area contributed by atoms with Gasteiger partial charge in [0.25, 0.3) is 0 Å². The molecule has 0 saturated carbocycles. The molecular weight excluding hydrogens is 342 g/mol. The van der Waals surface area contributed by atoms with Crippen LogP contribution in [0, 0.1) is 5.41 Å². The zero-order valence-corrected chi connectivity index (χ0v) is 14.8. The van der Waals surface area contributed by atoms with E-state index in [9.17, 15) is 14.4 Å². The molecule has 2 rings (SSSR count). The third-order valence-electron chi connectivity index (χ3n) is 4.58. The fraction of sp³-hybridized carbons (Fsp3) is 0.733. The fourth-order valence-electron chi connectivity index (χ4n) is 3.00. The standard InChI is InChI=1S/C15H27N7O4/c16-15(17)21-7-9-22(10-8-21)18-12(23)11-13(24)20-5-3-19(4-6-20)2-1-14(25)26/h1-11H2,(H3,16,17)(H,18,23)(H,25,26). The van der Waals surface area contributed by atoms with Crippen molar-refractivity contribution in [3.05, 3.63) is 0 Å². The zero-order chi connectivity index (χ0) is 19.1. The van der Waals surface area contributed by atoms with Gasteiger partial charge in [0.15, 0.2) is 5.96 Å². The summed E-state index contributed by atoms with van der Waals surface area (Å²) in [6, 6.07) is 0. The maximum absolute atomic E-state index is 12.2. The molecule has 0 spiro atoms. The van der Waals surface area contributed by atoms with Gasteiger partial charge in [-0.1, -0.05) is 0 Å². The Kier molecular flexibility index (Phi) is 7.16. The van der Waals surface area contributed by atoms with Crippen molar-refractivity contribution >= 4 is 23.7 Å². The second-order valence-electron chi connectivity index (χ2n) is 6.44. The Labute approximate surface area is 152 Å². The Hall–Kier alpha value is -2.40. The second-order valence-corrected chi connectivity index (χ2v) is 6.44. The van der Waals surface area contributed by atoms with Crippen molar-refractivity contribution in [2.45, 2.75) is 12.8 Å². The molecule has 2 amide bonds. The van der Waals surface area contributed by atoms with Crippen molar-refractivity contribution in [2.75, 3.05) is 58.9 Å². The van der Waals surface area contributed by atoms with Gasteiger partial charge >= 0.3 is 5.97 Å². The maximum Gasteiger partial charge on any atom is 0.304 e. The van der Waals surface area contributed by atoms with E-state index in [0.717, 1.165) is 0 Å². The molecule has 0 atom stereocenters. The number of nitrogens with two attached hydrogens (primary N) is 1. The Morgan fingerprint density at radius 1 is 0.962 bits per heavy atom. The van der Waals surface area contributed by atoms with Gasteiger partial charge in [-0.25, -0.2) is 5.01 Å². The van der Waals surface area contributed by atoms with Gasteiger partial charge in [-0.3, -0.25) is 30.1 Å². The van der Waals surface area contributed by atoms with Crippen LogP contribution in [-0.2, 0) is 14.4 Å². The molecule has 2 aliphatic heterocycles. The number of aliphatic carboxylic acids is 1. The van der Waals surface area contributed by atoms with Gasteiger partial charge in [-0.2, -0.15) is 0 Å². The van der Waals surface area contributed by atoms with Crippen LogP contribution < -0.4 is 11.2 Å². The molecule has 11 heteroatoms. The van der Waals surface area contributed by atoms with Gasteiger partial charge in [0.1, 0.15) is 6.42 Å². The van der Waals surface area contributed by atoms with Crippen molar-refractivity contribution in [1.82, 2.24) is 25.1 Å². The molecule has 11 nitrogen and oxygen atoms in total. The van der Waals surface area contributed by atoms with E-state index < -0.39 is 5.97 Å². The first kappa shape index (κ1) is 19.9. The SMILES string of the molecule is N=C(N)N1CCN(NC(=O)CC(=O)N2CCN(CCC(=O)O)CC2)CC1. The molecule has 5 N–H and O–H groups in total. The van der Waals surface area contributed by atoms with Gasteiger partial charge in [-0.15, -0.1) is 0 Å². The molecule has 2 saturated heterocycles. The average molecular weight is 369 g/mol. The highest BCUT2D eigenvalue weighted by molar-refractivity contribution is 5.96. The van der Waals surface area contributed by atoms with E-state index in [1.54, 1.807) is 14.8 Å². The number of carbonyl (C=O) groups is 3. The number of hydrazine groups is 1. The Morgan fingerprint density at radius 3 is 2.08 bits per heavy atom. The van der Waals surface area contributed by atoms with Gasteiger partial charge < -0.3 is 20.6 Å². The first-order chi connectivity index (χ1) is 12.3. The first-order valence-corrected chi connectivity index (χ1v) is 8.70. The predicted molar refractivity (Wildman–Crippen MR) is 93.1 cm³/mol. The van der Waals surface area contributed by atoms with Gasteiger partial charge in [0.2, 0.25) is 11.8 Å². The lowest BCUT2D eigenvalue weighted by molar-refractivity contribution is -0.141. The lowest BCUT2D eigenvalue weighted by Gasteiger charge is -2.35.